The lowest BCUT2D eigenvalue weighted by molar-refractivity contribution is -0.145. The zero-order valence-corrected chi connectivity index (χ0v) is 39.4. The van der Waals surface area contributed by atoms with Gasteiger partial charge < -0.3 is 40.2 Å². The number of aliphatic hydroxyl groups is 2. The number of likely N-dealkylation sites (tertiary alicyclic amines) is 1. The standard InChI is InChI=1S/C51H61FN6O8S/c1-33-45(67-32-55-33)36-14-15-38(28-54-47(62)43-26-40(61)30-58(43)48(63)46(50(2,3)4)56-49(64)51(52)18-19-51)44(25-36)66-24-23-65-22-21-57(20-17-37-27-53-42-8-6-5-7-41(37)42)29-35-11-9-34(10-12-35)13-16-39(60)31-59/h5-16,25,27,32,40,43,46,53,59,61H,17-24,26,28-31H2,1-4H3,(H,54,62)(H,56,64)/b16-13+/t40-,43+,46-/m1/s1. The highest BCUT2D eigenvalue weighted by molar-refractivity contribution is 7.13. The molecule has 3 amide bonds. The van der Waals surface area contributed by atoms with E-state index in [0.717, 1.165) is 45.7 Å². The molecule has 7 rings (SSSR count). The summed E-state index contributed by atoms with van der Waals surface area (Å²) in [6.07, 6.45) is 5.22. The summed E-state index contributed by atoms with van der Waals surface area (Å²) >= 11 is 1.51. The number of para-hydroxylation sites is 1. The topological polar surface area (TPSA) is 186 Å². The number of aliphatic hydroxyl groups excluding tert-OH is 2. The number of ether oxygens (including phenoxy) is 2. The highest BCUT2D eigenvalue weighted by Crippen LogP contribution is 2.40. The highest BCUT2D eigenvalue weighted by atomic mass is 32.1. The number of carbonyl (C=O) groups is 4. The molecule has 3 aromatic carbocycles. The Hall–Kier alpha value is -5.78. The average Bonchev–Trinajstić information content (AvgIpc) is 3.57. The molecule has 14 nitrogen and oxygen atoms in total. The molecule has 0 radical (unpaired) electrons. The molecule has 67 heavy (non-hydrogen) atoms. The fourth-order valence-electron chi connectivity index (χ4n) is 8.20. The fraction of sp³-hybridized carbons (Fsp3) is 0.431. The summed E-state index contributed by atoms with van der Waals surface area (Å²) in [7, 11) is 0. The molecule has 0 spiro atoms. The van der Waals surface area contributed by atoms with Crippen molar-refractivity contribution in [2.75, 3.05) is 46.1 Å². The van der Waals surface area contributed by atoms with Crippen molar-refractivity contribution in [3.63, 3.8) is 0 Å². The van der Waals surface area contributed by atoms with Crippen LogP contribution < -0.4 is 15.4 Å². The number of nitrogens with zero attached hydrogens (tertiary/aromatic N) is 3. The van der Waals surface area contributed by atoms with Crippen LogP contribution in [-0.4, -0.2) is 123 Å². The lowest BCUT2D eigenvalue weighted by Gasteiger charge is -2.35. The number of halogens is 1. The van der Waals surface area contributed by atoms with E-state index in [1.54, 1.807) is 32.4 Å². The summed E-state index contributed by atoms with van der Waals surface area (Å²) < 4.78 is 27.2. The molecule has 2 fully saturated rings. The number of rotatable bonds is 22. The summed E-state index contributed by atoms with van der Waals surface area (Å²) in [5.74, 6) is -1.66. The number of amides is 3. The Bertz CT molecular complexity index is 2550. The molecule has 1 aliphatic carbocycles. The number of β-amino-alcohol motifs (C(OH)–C–C–N with tert-alkyl or cyclic N) is 1. The Kier molecular flexibility index (Phi) is 16.1. The molecule has 0 unspecified atom stereocenters. The van der Waals surface area contributed by atoms with Crippen LogP contribution in [0.4, 0.5) is 4.39 Å². The summed E-state index contributed by atoms with van der Waals surface area (Å²) in [5, 5.41) is 26.5. The first-order valence-corrected chi connectivity index (χ1v) is 23.7. The molecule has 16 heteroatoms. The maximum absolute atomic E-state index is 14.7. The van der Waals surface area contributed by atoms with E-state index in [0.29, 0.717) is 37.6 Å². The van der Waals surface area contributed by atoms with Crippen molar-refractivity contribution in [1.82, 2.24) is 30.4 Å². The lowest BCUT2D eigenvalue weighted by Crippen LogP contribution is -2.59. The minimum absolute atomic E-state index is 0.0132. The third-order valence-electron chi connectivity index (χ3n) is 12.3. The lowest BCUT2D eigenvalue weighted by atomic mass is 9.85. The minimum Gasteiger partial charge on any atom is -0.491 e. The first-order chi connectivity index (χ1) is 32.1. The molecule has 2 aliphatic rings. The Morgan fingerprint density at radius 2 is 1.82 bits per heavy atom. The Morgan fingerprint density at radius 3 is 2.54 bits per heavy atom. The van der Waals surface area contributed by atoms with E-state index in [4.69, 9.17) is 14.6 Å². The van der Waals surface area contributed by atoms with E-state index in [1.165, 1.54) is 33.3 Å². The second-order valence-electron chi connectivity index (χ2n) is 18.5. The smallest absolute Gasteiger partial charge is 0.258 e. The quantitative estimate of drug-likeness (QED) is 0.0412. The predicted octanol–water partition coefficient (Wildman–Crippen LogP) is 5.93. The molecule has 3 heterocycles. The van der Waals surface area contributed by atoms with Gasteiger partial charge in [0.2, 0.25) is 11.8 Å². The number of fused-ring (bicyclic) bond motifs is 1. The third-order valence-corrected chi connectivity index (χ3v) is 13.3. The molecule has 2 aromatic heterocycles. The third kappa shape index (κ3) is 12.8. The van der Waals surface area contributed by atoms with E-state index in [2.05, 4.69) is 43.8 Å². The molecule has 1 saturated heterocycles. The van der Waals surface area contributed by atoms with Gasteiger partial charge in [-0.1, -0.05) is 81.4 Å². The van der Waals surface area contributed by atoms with Gasteiger partial charge in [0.05, 0.1) is 35.4 Å². The van der Waals surface area contributed by atoms with Crippen LogP contribution >= 0.6 is 11.3 Å². The van der Waals surface area contributed by atoms with Crippen LogP contribution in [-0.2, 0) is 43.4 Å². The van der Waals surface area contributed by atoms with Crippen LogP contribution in [0.2, 0.25) is 0 Å². The Balaban J connectivity index is 0.975. The van der Waals surface area contributed by atoms with Crippen molar-refractivity contribution in [1.29, 1.82) is 0 Å². The molecule has 5 aromatic rings. The van der Waals surface area contributed by atoms with Gasteiger partial charge in [0.1, 0.15) is 31.0 Å². The number of ketones is 1. The molecule has 1 saturated carbocycles. The summed E-state index contributed by atoms with van der Waals surface area (Å²) in [6.45, 7) is 9.76. The van der Waals surface area contributed by atoms with Crippen molar-refractivity contribution in [3.05, 3.63) is 112 Å². The zero-order valence-electron chi connectivity index (χ0n) is 38.6. The number of aromatic amines is 1. The zero-order chi connectivity index (χ0) is 47.7. The summed E-state index contributed by atoms with van der Waals surface area (Å²) in [5.41, 5.74) is 5.80. The monoisotopic (exact) mass is 936 g/mol. The first-order valence-electron chi connectivity index (χ1n) is 22.8. The highest BCUT2D eigenvalue weighted by Gasteiger charge is 2.53. The molecule has 3 atom stereocenters. The van der Waals surface area contributed by atoms with Crippen LogP contribution in [0.3, 0.4) is 0 Å². The van der Waals surface area contributed by atoms with Gasteiger partial charge in [-0.25, -0.2) is 9.37 Å². The van der Waals surface area contributed by atoms with Crippen molar-refractivity contribution in [2.24, 2.45) is 5.41 Å². The molecule has 1 aliphatic heterocycles. The Labute approximate surface area is 394 Å². The van der Waals surface area contributed by atoms with Gasteiger partial charge in [-0.3, -0.25) is 24.1 Å². The number of aryl methyl sites for hydroxylation is 1. The van der Waals surface area contributed by atoms with Crippen molar-refractivity contribution in [3.8, 4) is 16.2 Å². The SMILES string of the molecule is Cc1ncsc1-c1ccc(CNC(=O)[C@@H]2C[C@@H](O)CN2C(=O)[C@@H](NC(=O)C2(F)CC2)C(C)(C)C)c(OCCOCCN(CCc2c[nH]c3ccccc23)Cc2ccc(/C=C/C(=O)CO)cc2)c1. The van der Waals surface area contributed by atoms with Crippen LogP contribution in [0.25, 0.3) is 27.4 Å². The van der Waals surface area contributed by atoms with Crippen LogP contribution in [0.5, 0.6) is 5.75 Å². The molecular formula is C51H61FN6O8S. The van der Waals surface area contributed by atoms with Crippen molar-refractivity contribution in [2.45, 2.75) is 90.3 Å². The second kappa shape index (κ2) is 21.9. The van der Waals surface area contributed by atoms with E-state index in [-0.39, 0.29) is 44.7 Å². The second-order valence-corrected chi connectivity index (χ2v) is 19.3. The number of thiazole rings is 1. The number of hydrogen-bond acceptors (Lipinski definition) is 11. The van der Waals surface area contributed by atoms with E-state index >= 15 is 0 Å². The number of nitrogens with one attached hydrogen (secondary N) is 3. The number of carbonyl (C=O) groups excluding carboxylic acids is 4. The van der Waals surface area contributed by atoms with Gasteiger partial charge in [0, 0.05) is 61.8 Å². The largest absolute Gasteiger partial charge is 0.491 e. The van der Waals surface area contributed by atoms with Crippen LogP contribution in [0.15, 0.2) is 84.5 Å². The van der Waals surface area contributed by atoms with E-state index < -0.39 is 53.6 Å². The number of H-pyrrole nitrogens is 1. The molecule has 0 bridgehead atoms. The summed E-state index contributed by atoms with van der Waals surface area (Å²) in [4.78, 5) is 64.5. The van der Waals surface area contributed by atoms with Crippen molar-refractivity contribution < 1.29 is 43.3 Å². The average molecular weight is 937 g/mol. The fourth-order valence-corrected chi connectivity index (χ4v) is 9.00. The molecule has 5 N–H and O–H groups in total. The maximum atomic E-state index is 14.7. The molecular weight excluding hydrogens is 876 g/mol. The van der Waals surface area contributed by atoms with Crippen molar-refractivity contribution >= 4 is 51.8 Å². The van der Waals surface area contributed by atoms with Crippen LogP contribution in [0, 0.1) is 12.3 Å². The number of aromatic nitrogens is 2. The normalized spacial score (nSPS) is 17.3. The van der Waals surface area contributed by atoms with E-state index in [1.807, 2.05) is 61.5 Å². The maximum Gasteiger partial charge on any atom is 0.258 e. The van der Waals surface area contributed by atoms with Gasteiger partial charge in [0.25, 0.3) is 5.91 Å². The summed E-state index contributed by atoms with van der Waals surface area (Å²) in [6, 6.07) is 19.9. The Morgan fingerprint density at radius 1 is 1.04 bits per heavy atom. The molecule has 356 valence electrons. The van der Waals surface area contributed by atoms with Gasteiger partial charge in [0.15, 0.2) is 11.5 Å². The van der Waals surface area contributed by atoms with E-state index in [9.17, 15) is 28.7 Å². The van der Waals surface area contributed by atoms with Gasteiger partial charge in [-0.2, -0.15) is 0 Å². The first kappa shape index (κ1) is 49.1. The van der Waals surface area contributed by atoms with Crippen LogP contribution in [0.1, 0.15) is 68.0 Å². The number of benzene rings is 3. The van der Waals surface area contributed by atoms with Gasteiger partial charge >= 0.3 is 0 Å². The number of alkyl halides is 1. The predicted molar refractivity (Wildman–Crippen MR) is 256 cm³/mol. The number of hydrogen-bond donors (Lipinski definition) is 5. The minimum atomic E-state index is -1.98. The van der Waals surface area contributed by atoms with Gasteiger partial charge in [-0.05, 0) is 72.1 Å². The van der Waals surface area contributed by atoms with Gasteiger partial charge in [-0.15, -0.1) is 11.3 Å².